The van der Waals surface area contributed by atoms with E-state index in [1.54, 1.807) is 24.5 Å². The highest BCUT2D eigenvalue weighted by atomic mass is 16.3. The number of para-hydroxylation sites is 1. The fourth-order valence-electron chi connectivity index (χ4n) is 1.83. The van der Waals surface area contributed by atoms with Gasteiger partial charge in [-0.3, -0.25) is 10.1 Å². The fraction of sp³-hybridized carbons (Fsp3) is 0. The van der Waals surface area contributed by atoms with E-state index >= 15 is 0 Å². The molecule has 0 saturated carbocycles. The lowest BCUT2D eigenvalue weighted by atomic mass is 10.1. The quantitative estimate of drug-likeness (QED) is 0.680. The van der Waals surface area contributed by atoms with Gasteiger partial charge in [0, 0.05) is 23.3 Å². The van der Waals surface area contributed by atoms with E-state index in [1.807, 2.05) is 18.2 Å². The molecule has 0 spiro atoms. The number of nitrogens with zero attached hydrogens (tertiary/aromatic N) is 3. The smallest absolute Gasteiger partial charge is 0.133 e. The van der Waals surface area contributed by atoms with E-state index in [4.69, 9.17) is 0 Å². The molecule has 0 aliphatic rings. The van der Waals surface area contributed by atoms with Crippen LogP contribution in [0.25, 0.3) is 22.2 Å². The number of hydrogen-bond donors (Lipinski definition) is 1. The first kappa shape index (κ1) is 9.65. The van der Waals surface area contributed by atoms with Crippen LogP contribution in [0.3, 0.4) is 0 Å². The van der Waals surface area contributed by atoms with Gasteiger partial charge in [0.05, 0.1) is 5.52 Å². The van der Waals surface area contributed by atoms with Gasteiger partial charge in [-0.1, -0.05) is 12.1 Å². The Labute approximate surface area is 96.5 Å². The van der Waals surface area contributed by atoms with Gasteiger partial charge in [-0.25, -0.2) is 0 Å². The van der Waals surface area contributed by atoms with Gasteiger partial charge >= 0.3 is 0 Å². The minimum Gasteiger partial charge on any atom is -0.275 e. The zero-order chi connectivity index (χ0) is 11.7. The largest absolute Gasteiger partial charge is 0.275 e. The van der Waals surface area contributed by atoms with E-state index in [9.17, 15) is 4.91 Å². The highest BCUT2D eigenvalue weighted by molar-refractivity contribution is 5.98. The van der Waals surface area contributed by atoms with E-state index < -0.39 is 0 Å². The van der Waals surface area contributed by atoms with Crippen LogP contribution in [0, 0.1) is 4.91 Å². The Bertz CT molecular complexity index is 675. The highest BCUT2D eigenvalue weighted by Crippen LogP contribution is 2.30. The first-order chi connectivity index (χ1) is 8.40. The molecule has 0 saturated heterocycles. The minimum absolute atomic E-state index is 0.371. The second-order valence-corrected chi connectivity index (χ2v) is 3.60. The van der Waals surface area contributed by atoms with E-state index in [1.165, 1.54) is 0 Å². The second-order valence-electron chi connectivity index (χ2n) is 3.60. The van der Waals surface area contributed by atoms with E-state index in [2.05, 4.69) is 20.4 Å². The second kappa shape index (κ2) is 3.79. The van der Waals surface area contributed by atoms with Crippen LogP contribution in [-0.2, 0) is 0 Å². The molecule has 5 nitrogen and oxygen atoms in total. The topological polar surface area (TPSA) is 71.0 Å². The maximum atomic E-state index is 10.7. The van der Waals surface area contributed by atoms with Gasteiger partial charge in [0.15, 0.2) is 0 Å². The van der Waals surface area contributed by atoms with Crippen molar-refractivity contribution in [1.82, 2.24) is 15.2 Å². The summed E-state index contributed by atoms with van der Waals surface area (Å²) in [5.74, 6) is 0. The Morgan fingerprint density at radius 1 is 1.12 bits per heavy atom. The van der Waals surface area contributed by atoms with Crippen LogP contribution in [-0.4, -0.2) is 15.2 Å². The summed E-state index contributed by atoms with van der Waals surface area (Å²) in [4.78, 5) is 14.6. The maximum absolute atomic E-state index is 10.7. The van der Waals surface area contributed by atoms with Crippen molar-refractivity contribution in [2.75, 3.05) is 0 Å². The number of H-pyrrole nitrogens is 1. The lowest BCUT2D eigenvalue weighted by molar-refractivity contribution is 1.12. The standard InChI is InChI=1S/C12H8N4O/c17-16-10-3-1-2-9-11(14-15-12(9)10)8-4-6-13-7-5-8/h1-7H,(H,14,15). The van der Waals surface area contributed by atoms with Crippen LogP contribution in [0.2, 0.25) is 0 Å². The molecule has 82 valence electrons. The lowest BCUT2D eigenvalue weighted by Gasteiger charge is -1.96. The number of fused-ring (bicyclic) bond motifs is 1. The lowest BCUT2D eigenvalue weighted by Crippen LogP contribution is -1.78. The summed E-state index contributed by atoms with van der Waals surface area (Å²) >= 11 is 0. The molecule has 2 aromatic heterocycles. The Balaban J connectivity index is 2.30. The summed E-state index contributed by atoms with van der Waals surface area (Å²) in [7, 11) is 0. The Kier molecular flexibility index (Phi) is 2.15. The number of aromatic amines is 1. The first-order valence-electron chi connectivity index (χ1n) is 5.11. The summed E-state index contributed by atoms with van der Waals surface area (Å²) in [5.41, 5.74) is 2.78. The van der Waals surface area contributed by atoms with Gasteiger partial charge in [0.2, 0.25) is 0 Å². The van der Waals surface area contributed by atoms with Gasteiger partial charge < -0.3 is 0 Å². The zero-order valence-corrected chi connectivity index (χ0v) is 8.79. The van der Waals surface area contributed by atoms with Crippen molar-refractivity contribution in [2.24, 2.45) is 5.18 Å². The molecule has 0 atom stereocenters. The molecule has 1 aromatic carbocycles. The van der Waals surface area contributed by atoms with Gasteiger partial charge in [-0.05, 0) is 23.4 Å². The molecule has 2 heterocycles. The number of nitroso groups, excluding NO2 is 1. The van der Waals surface area contributed by atoms with Crippen molar-refractivity contribution in [1.29, 1.82) is 0 Å². The minimum atomic E-state index is 0.371. The predicted molar refractivity (Wildman–Crippen MR) is 64.8 cm³/mol. The molecule has 17 heavy (non-hydrogen) atoms. The highest BCUT2D eigenvalue weighted by Gasteiger charge is 2.10. The molecule has 0 bridgehead atoms. The molecule has 0 amide bonds. The van der Waals surface area contributed by atoms with Crippen molar-refractivity contribution in [3.05, 3.63) is 47.6 Å². The number of benzene rings is 1. The average molecular weight is 224 g/mol. The van der Waals surface area contributed by atoms with Crippen molar-refractivity contribution in [3.8, 4) is 11.3 Å². The Morgan fingerprint density at radius 3 is 2.71 bits per heavy atom. The van der Waals surface area contributed by atoms with E-state index in [-0.39, 0.29) is 0 Å². The molecular formula is C12H8N4O. The van der Waals surface area contributed by atoms with E-state index in [0.717, 1.165) is 16.6 Å². The Morgan fingerprint density at radius 2 is 1.94 bits per heavy atom. The summed E-state index contributed by atoms with van der Waals surface area (Å²) in [6.07, 6.45) is 3.41. The van der Waals surface area contributed by atoms with Crippen LogP contribution in [0.1, 0.15) is 0 Å². The van der Waals surface area contributed by atoms with Gasteiger partial charge in [0.1, 0.15) is 11.4 Å². The fourth-order valence-corrected chi connectivity index (χ4v) is 1.83. The van der Waals surface area contributed by atoms with Gasteiger partial charge in [0.25, 0.3) is 0 Å². The van der Waals surface area contributed by atoms with Crippen LogP contribution < -0.4 is 0 Å². The number of hydrogen-bond acceptors (Lipinski definition) is 4. The van der Waals surface area contributed by atoms with Crippen molar-refractivity contribution < 1.29 is 0 Å². The van der Waals surface area contributed by atoms with Crippen molar-refractivity contribution in [2.45, 2.75) is 0 Å². The molecule has 5 heteroatoms. The molecule has 3 rings (SSSR count). The maximum Gasteiger partial charge on any atom is 0.133 e. The van der Waals surface area contributed by atoms with Crippen LogP contribution in [0.4, 0.5) is 5.69 Å². The van der Waals surface area contributed by atoms with E-state index in [0.29, 0.717) is 11.2 Å². The molecule has 0 aliphatic carbocycles. The van der Waals surface area contributed by atoms with Crippen LogP contribution in [0.5, 0.6) is 0 Å². The Hall–Kier alpha value is -2.56. The van der Waals surface area contributed by atoms with Crippen LogP contribution >= 0.6 is 0 Å². The molecule has 0 unspecified atom stereocenters. The predicted octanol–water partition coefficient (Wildman–Crippen LogP) is 3.02. The average Bonchev–Trinajstić information content (AvgIpc) is 2.83. The summed E-state index contributed by atoms with van der Waals surface area (Å²) in [6, 6.07) is 9.10. The van der Waals surface area contributed by atoms with Gasteiger partial charge in [-0.15, -0.1) is 4.91 Å². The summed E-state index contributed by atoms with van der Waals surface area (Å²) in [5, 5.41) is 10.9. The van der Waals surface area contributed by atoms with Crippen LogP contribution in [0.15, 0.2) is 47.9 Å². The third kappa shape index (κ3) is 1.48. The molecule has 3 aromatic rings. The number of rotatable bonds is 2. The number of nitrogens with one attached hydrogen (secondary N) is 1. The van der Waals surface area contributed by atoms with Crippen molar-refractivity contribution in [3.63, 3.8) is 0 Å². The molecule has 0 aliphatic heterocycles. The third-order valence-corrected chi connectivity index (χ3v) is 2.63. The molecular weight excluding hydrogens is 216 g/mol. The zero-order valence-electron chi connectivity index (χ0n) is 8.79. The summed E-state index contributed by atoms with van der Waals surface area (Å²) < 4.78 is 0. The number of aromatic nitrogens is 3. The number of pyridine rings is 1. The molecule has 0 fully saturated rings. The SMILES string of the molecule is O=Nc1cccc2c(-c3ccncc3)n[nH]c12. The monoisotopic (exact) mass is 224 g/mol. The normalized spacial score (nSPS) is 10.6. The third-order valence-electron chi connectivity index (χ3n) is 2.63. The summed E-state index contributed by atoms with van der Waals surface area (Å²) in [6.45, 7) is 0. The van der Waals surface area contributed by atoms with Gasteiger partial charge in [-0.2, -0.15) is 5.10 Å². The first-order valence-corrected chi connectivity index (χ1v) is 5.11. The molecule has 0 radical (unpaired) electrons. The molecule has 1 N–H and O–H groups in total. The van der Waals surface area contributed by atoms with Crippen molar-refractivity contribution >= 4 is 16.6 Å².